The number of halogens is 1. The molecule has 0 fully saturated rings. The molecule has 1 aromatic heterocycles. The van der Waals surface area contributed by atoms with E-state index in [0.29, 0.717) is 29.9 Å². The quantitative estimate of drug-likeness (QED) is 0.460. The van der Waals surface area contributed by atoms with Gasteiger partial charge in [0.05, 0.1) is 14.2 Å². The molecular weight excluding hydrogens is 421 g/mol. The fraction of sp³-hybridized carbons (Fsp3) is 0.222. The fourth-order valence-electron chi connectivity index (χ4n) is 4.29. The van der Waals surface area contributed by atoms with E-state index in [9.17, 15) is 14.3 Å². The van der Waals surface area contributed by atoms with Gasteiger partial charge in [-0.1, -0.05) is 6.07 Å². The molecule has 2 aromatic carbocycles. The molecule has 0 amide bonds. The highest BCUT2D eigenvalue weighted by Gasteiger charge is 2.25. The van der Waals surface area contributed by atoms with Crippen LogP contribution >= 0.6 is 0 Å². The summed E-state index contributed by atoms with van der Waals surface area (Å²) in [6.45, 7) is 1.99. The highest BCUT2D eigenvalue weighted by atomic mass is 19.1. The minimum absolute atomic E-state index is 0.0549. The Morgan fingerprint density at radius 3 is 2.39 bits per heavy atom. The van der Waals surface area contributed by atoms with Gasteiger partial charge in [0.15, 0.2) is 17.3 Å². The van der Waals surface area contributed by atoms with E-state index in [0.717, 1.165) is 33.4 Å². The summed E-state index contributed by atoms with van der Waals surface area (Å²) >= 11 is 0. The van der Waals surface area contributed by atoms with Gasteiger partial charge in [-0.05, 0) is 83.2 Å². The lowest BCUT2D eigenvalue weighted by molar-refractivity contribution is 0.0984. The van der Waals surface area contributed by atoms with Crippen LogP contribution in [0.3, 0.4) is 0 Å². The number of carbonyl (C=O) groups is 1. The van der Waals surface area contributed by atoms with Gasteiger partial charge in [-0.3, -0.25) is 4.79 Å². The summed E-state index contributed by atoms with van der Waals surface area (Å²) in [6.07, 6.45) is 6.46. The van der Waals surface area contributed by atoms with Crippen molar-refractivity contribution in [2.45, 2.75) is 19.8 Å². The Bertz CT molecular complexity index is 1270. The summed E-state index contributed by atoms with van der Waals surface area (Å²) in [5.41, 5.74) is 6.03. The van der Waals surface area contributed by atoms with Gasteiger partial charge < -0.3 is 19.1 Å². The number of hydrogen-bond donors (Lipinski definition) is 1. The second kappa shape index (κ2) is 8.98. The average molecular weight is 448 g/mol. The summed E-state index contributed by atoms with van der Waals surface area (Å²) in [6, 6.07) is 9.98. The average Bonchev–Trinajstić information content (AvgIpc) is 3.34. The topological polar surface area (TPSA) is 60.7 Å². The van der Waals surface area contributed by atoms with Crippen LogP contribution in [0.25, 0.3) is 17.2 Å². The largest absolute Gasteiger partial charge is 0.502 e. The molecule has 6 heteroatoms. The lowest BCUT2D eigenvalue weighted by Gasteiger charge is -2.11. The number of ether oxygens (including phenoxy) is 2. The Kier molecular flexibility index (Phi) is 6.09. The SMILES string of the molecule is COc1cc(C=C2C(C)=C(CCC(=O)c3ccn(C)c3)c3cc(F)ccc32)cc(OC)c1O. The standard InChI is InChI=1S/C27H26FNO4/c1-16-20(7-8-24(30)18-9-10-29(2)15-18)23-14-19(28)5-6-21(23)22(16)11-17-12-25(32-3)27(31)26(13-17)33-4/h5-6,9-15,31H,7-8H2,1-4H3. The minimum atomic E-state index is -0.317. The molecule has 5 nitrogen and oxygen atoms in total. The van der Waals surface area contributed by atoms with Crippen molar-refractivity contribution in [3.8, 4) is 17.2 Å². The molecule has 170 valence electrons. The normalized spacial score (nSPS) is 14.0. The third kappa shape index (κ3) is 4.29. The number of nitrogens with zero attached hydrogens (tertiary/aromatic N) is 1. The molecule has 4 rings (SSSR count). The number of fused-ring (bicyclic) bond motifs is 1. The van der Waals surface area contributed by atoms with E-state index in [1.807, 2.05) is 43.1 Å². The molecule has 1 aliphatic carbocycles. The van der Waals surface area contributed by atoms with Crippen molar-refractivity contribution in [2.75, 3.05) is 14.2 Å². The number of ketones is 1. The number of rotatable bonds is 7. The van der Waals surface area contributed by atoms with E-state index in [4.69, 9.17) is 9.47 Å². The lowest BCUT2D eigenvalue weighted by Crippen LogP contribution is -1.98. The molecule has 1 aliphatic rings. The number of aryl methyl sites for hydroxylation is 1. The van der Waals surface area contributed by atoms with Gasteiger partial charge in [0.2, 0.25) is 5.75 Å². The van der Waals surface area contributed by atoms with Crippen LogP contribution in [0.1, 0.15) is 46.8 Å². The number of aromatic hydroxyl groups is 1. The molecule has 0 spiro atoms. The number of methoxy groups -OCH3 is 2. The van der Waals surface area contributed by atoms with Gasteiger partial charge in [0.25, 0.3) is 0 Å². The molecule has 3 aromatic rings. The molecular formula is C27H26FNO4. The predicted octanol–water partition coefficient (Wildman–Crippen LogP) is 5.88. The van der Waals surface area contributed by atoms with E-state index in [2.05, 4.69) is 0 Å². The highest BCUT2D eigenvalue weighted by Crippen LogP contribution is 2.45. The second-order valence-corrected chi connectivity index (χ2v) is 8.11. The summed E-state index contributed by atoms with van der Waals surface area (Å²) in [5, 5.41) is 10.2. The van der Waals surface area contributed by atoms with E-state index < -0.39 is 0 Å². The van der Waals surface area contributed by atoms with Crippen LogP contribution in [0, 0.1) is 5.82 Å². The molecule has 1 heterocycles. The van der Waals surface area contributed by atoms with Crippen molar-refractivity contribution >= 4 is 23.0 Å². The van der Waals surface area contributed by atoms with Crippen molar-refractivity contribution < 1.29 is 23.8 Å². The number of phenolic OH excluding ortho intramolecular Hbond substituents is 1. The Morgan fingerprint density at radius 1 is 1.09 bits per heavy atom. The monoisotopic (exact) mass is 447 g/mol. The first kappa shape index (κ1) is 22.4. The maximum absolute atomic E-state index is 14.2. The van der Waals surface area contributed by atoms with E-state index in [-0.39, 0.29) is 17.3 Å². The third-order valence-corrected chi connectivity index (χ3v) is 6.02. The first-order chi connectivity index (χ1) is 15.8. The van der Waals surface area contributed by atoms with Crippen LogP contribution in [0.5, 0.6) is 17.2 Å². The van der Waals surface area contributed by atoms with E-state index >= 15 is 0 Å². The minimum Gasteiger partial charge on any atom is -0.502 e. The molecule has 0 saturated heterocycles. The Morgan fingerprint density at radius 2 is 1.79 bits per heavy atom. The van der Waals surface area contributed by atoms with Crippen molar-refractivity contribution in [3.63, 3.8) is 0 Å². The Hall–Kier alpha value is -3.80. The molecule has 0 saturated carbocycles. The number of carbonyl (C=O) groups excluding carboxylic acids is 1. The summed E-state index contributed by atoms with van der Waals surface area (Å²) in [5.74, 6) is 0.271. The first-order valence-corrected chi connectivity index (χ1v) is 10.6. The van der Waals surface area contributed by atoms with Gasteiger partial charge in [-0.25, -0.2) is 4.39 Å². The third-order valence-electron chi connectivity index (χ3n) is 6.02. The van der Waals surface area contributed by atoms with Crippen LogP contribution < -0.4 is 9.47 Å². The lowest BCUT2D eigenvalue weighted by atomic mass is 9.98. The molecule has 33 heavy (non-hydrogen) atoms. The smallest absolute Gasteiger partial charge is 0.200 e. The number of aromatic nitrogens is 1. The molecule has 0 atom stereocenters. The summed E-state index contributed by atoms with van der Waals surface area (Å²) in [7, 11) is 4.84. The maximum Gasteiger partial charge on any atom is 0.200 e. The van der Waals surface area contributed by atoms with Gasteiger partial charge in [0, 0.05) is 31.4 Å². The maximum atomic E-state index is 14.2. The van der Waals surface area contributed by atoms with Crippen LogP contribution in [-0.4, -0.2) is 29.7 Å². The zero-order valence-electron chi connectivity index (χ0n) is 19.1. The van der Waals surface area contributed by atoms with Crippen molar-refractivity contribution in [3.05, 3.63) is 82.4 Å². The first-order valence-electron chi connectivity index (χ1n) is 10.6. The van der Waals surface area contributed by atoms with Crippen molar-refractivity contribution in [1.29, 1.82) is 0 Å². The van der Waals surface area contributed by atoms with E-state index in [1.165, 1.54) is 26.4 Å². The van der Waals surface area contributed by atoms with Crippen LogP contribution in [0.15, 0.2) is 54.4 Å². The van der Waals surface area contributed by atoms with Crippen LogP contribution in [-0.2, 0) is 7.05 Å². The second-order valence-electron chi connectivity index (χ2n) is 8.11. The fourth-order valence-corrected chi connectivity index (χ4v) is 4.29. The Balaban J connectivity index is 1.73. The van der Waals surface area contributed by atoms with Gasteiger partial charge >= 0.3 is 0 Å². The molecule has 0 aliphatic heterocycles. The van der Waals surface area contributed by atoms with Gasteiger partial charge in [0.1, 0.15) is 5.82 Å². The summed E-state index contributed by atoms with van der Waals surface area (Å²) in [4.78, 5) is 12.7. The highest BCUT2D eigenvalue weighted by molar-refractivity contribution is 6.06. The number of Topliss-reactive ketones (excluding diaryl/α,β-unsaturated/α-hetero) is 1. The number of allylic oxidation sites excluding steroid dienone is 3. The van der Waals surface area contributed by atoms with Crippen molar-refractivity contribution in [1.82, 2.24) is 4.57 Å². The zero-order chi connectivity index (χ0) is 23.7. The zero-order valence-corrected chi connectivity index (χ0v) is 19.1. The van der Waals surface area contributed by atoms with Gasteiger partial charge in [-0.2, -0.15) is 0 Å². The molecule has 1 N–H and O–H groups in total. The Labute approximate surface area is 192 Å². The van der Waals surface area contributed by atoms with E-state index in [1.54, 1.807) is 18.2 Å². The van der Waals surface area contributed by atoms with Crippen LogP contribution in [0.2, 0.25) is 0 Å². The molecule has 0 unspecified atom stereocenters. The summed E-state index contributed by atoms with van der Waals surface area (Å²) < 4.78 is 26.5. The molecule has 0 radical (unpaired) electrons. The van der Waals surface area contributed by atoms with Gasteiger partial charge in [-0.15, -0.1) is 0 Å². The number of hydrogen-bond acceptors (Lipinski definition) is 4. The number of benzene rings is 2. The van der Waals surface area contributed by atoms with Crippen molar-refractivity contribution in [2.24, 2.45) is 7.05 Å². The molecule has 0 bridgehead atoms. The number of phenols is 1. The van der Waals surface area contributed by atoms with Crippen LogP contribution in [0.4, 0.5) is 4.39 Å². The predicted molar refractivity (Wildman–Crippen MR) is 127 cm³/mol.